The van der Waals surface area contributed by atoms with Crippen LogP contribution in [0.3, 0.4) is 0 Å². The van der Waals surface area contributed by atoms with Gasteiger partial charge in [0.2, 0.25) is 0 Å². The average Bonchev–Trinajstić information content (AvgIpc) is 2.45. The normalized spacial score (nSPS) is 10.9. The molecule has 0 aromatic rings. The van der Waals surface area contributed by atoms with Crippen LogP contribution in [0.5, 0.6) is 0 Å². The summed E-state index contributed by atoms with van der Waals surface area (Å²) in [5, 5.41) is 13.6. The standard InChI is InChI=1S/C16H36N.HNO3/c1-5-9-13-17(14-10-6-2,15-11-7-3)16-12-8-4;2-1(3)4/h5-16H2,1-4H3;(H,2,3,4)/q+1;. The van der Waals surface area contributed by atoms with Crippen LogP contribution in [-0.4, -0.2) is 41.0 Å². The molecule has 0 amide bonds. The number of hydrogen-bond donors (Lipinski definition) is 1. The van der Waals surface area contributed by atoms with Gasteiger partial charge in [-0.25, -0.2) is 0 Å². The molecule has 0 aromatic carbocycles. The van der Waals surface area contributed by atoms with Crippen molar-refractivity contribution in [2.75, 3.05) is 26.2 Å². The third-order valence-electron chi connectivity index (χ3n) is 3.94. The quantitative estimate of drug-likeness (QED) is 0.324. The molecule has 0 heterocycles. The van der Waals surface area contributed by atoms with Crippen molar-refractivity contribution >= 4 is 0 Å². The fraction of sp³-hybridized carbons (Fsp3) is 1.00. The minimum atomic E-state index is -1.50. The summed E-state index contributed by atoms with van der Waals surface area (Å²) in [6, 6.07) is 0. The lowest BCUT2D eigenvalue weighted by Crippen LogP contribution is -2.50. The molecule has 128 valence electrons. The van der Waals surface area contributed by atoms with Crippen molar-refractivity contribution in [3.63, 3.8) is 0 Å². The van der Waals surface area contributed by atoms with Gasteiger partial charge in [-0.05, 0) is 25.7 Å². The van der Waals surface area contributed by atoms with Gasteiger partial charge in [-0.1, -0.05) is 53.4 Å². The third-order valence-corrected chi connectivity index (χ3v) is 3.94. The number of quaternary nitrogens is 1. The van der Waals surface area contributed by atoms with E-state index < -0.39 is 5.09 Å². The predicted molar refractivity (Wildman–Crippen MR) is 88.1 cm³/mol. The first-order chi connectivity index (χ1) is 9.97. The third kappa shape index (κ3) is 15.4. The molecule has 0 aromatic heterocycles. The molecule has 0 atom stereocenters. The molecule has 0 aliphatic heterocycles. The van der Waals surface area contributed by atoms with Crippen molar-refractivity contribution in [2.24, 2.45) is 0 Å². The molecule has 0 rings (SSSR count). The highest BCUT2D eigenvalue weighted by Gasteiger charge is 2.24. The maximum Gasteiger partial charge on any atom is 0.291 e. The van der Waals surface area contributed by atoms with Gasteiger partial charge in [0.15, 0.2) is 0 Å². The maximum absolute atomic E-state index is 8.36. The van der Waals surface area contributed by atoms with Crippen molar-refractivity contribution in [1.29, 1.82) is 0 Å². The summed E-state index contributed by atoms with van der Waals surface area (Å²) in [5.74, 6) is 0. The zero-order valence-electron chi connectivity index (χ0n) is 14.6. The summed E-state index contributed by atoms with van der Waals surface area (Å²) in [4.78, 5) is 8.36. The second-order valence-electron chi connectivity index (χ2n) is 5.89. The van der Waals surface area contributed by atoms with Gasteiger partial charge in [0.05, 0.1) is 26.2 Å². The molecule has 0 saturated carbocycles. The molecule has 0 saturated heterocycles. The minimum absolute atomic E-state index is 1.35. The van der Waals surface area contributed by atoms with Crippen LogP contribution in [0.2, 0.25) is 0 Å². The molecule has 0 aliphatic carbocycles. The van der Waals surface area contributed by atoms with Gasteiger partial charge < -0.3 is 9.69 Å². The Bertz CT molecular complexity index is 194. The van der Waals surface area contributed by atoms with Crippen LogP contribution in [0.4, 0.5) is 0 Å². The van der Waals surface area contributed by atoms with Crippen molar-refractivity contribution in [2.45, 2.75) is 79.1 Å². The second kappa shape index (κ2) is 15.5. The number of nitrogens with zero attached hydrogens (tertiary/aromatic N) is 2. The monoisotopic (exact) mass is 305 g/mol. The van der Waals surface area contributed by atoms with E-state index in [0.29, 0.717) is 0 Å². The Labute approximate surface area is 131 Å². The number of unbranched alkanes of at least 4 members (excludes halogenated alkanes) is 4. The van der Waals surface area contributed by atoms with Gasteiger partial charge in [0, 0.05) is 0 Å². The van der Waals surface area contributed by atoms with Gasteiger partial charge >= 0.3 is 0 Å². The molecular weight excluding hydrogens is 268 g/mol. The van der Waals surface area contributed by atoms with Crippen LogP contribution in [0.1, 0.15) is 79.1 Å². The first-order valence-electron chi connectivity index (χ1n) is 8.66. The van der Waals surface area contributed by atoms with Crippen LogP contribution in [-0.2, 0) is 0 Å². The molecule has 21 heavy (non-hydrogen) atoms. The molecule has 0 fully saturated rings. The van der Waals surface area contributed by atoms with Gasteiger partial charge in [0.1, 0.15) is 0 Å². The first kappa shape index (κ1) is 22.4. The van der Waals surface area contributed by atoms with E-state index >= 15 is 0 Å². The zero-order valence-corrected chi connectivity index (χ0v) is 14.6. The zero-order chi connectivity index (χ0) is 16.6. The average molecular weight is 305 g/mol. The van der Waals surface area contributed by atoms with E-state index in [0.717, 1.165) is 0 Å². The largest absolute Gasteiger partial charge is 0.328 e. The Morgan fingerprint density at radius 2 is 0.952 bits per heavy atom. The number of rotatable bonds is 12. The van der Waals surface area contributed by atoms with Gasteiger partial charge in [-0.3, -0.25) is 0 Å². The lowest BCUT2D eigenvalue weighted by atomic mass is 10.1. The molecule has 5 heteroatoms. The lowest BCUT2D eigenvalue weighted by Gasteiger charge is -2.39. The van der Waals surface area contributed by atoms with E-state index in [9.17, 15) is 0 Å². The van der Waals surface area contributed by atoms with Gasteiger partial charge in [-0.2, -0.15) is 0 Å². The Kier molecular flexibility index (Phi) is 16.6. The van der Waals surface area contributed by atoms with Crippen molar-refractivity contribution < 1.29 is 14.8 Å². The molecule has 0 radical (unpaired) electrons. The smallest absolute Gasteiger partial charge is 0.291 e. The summed E-state index contributed by atoms with van der Waals surface area (Å²) in [6.07, 6.45) is 11.1. The van der Waals surface area contributed by atoms with E-state index in [1.165, 1.54) is 82.0 Å². The maximum atomic E-state index is 8.36. The van der Waals surface area contributed by atoms with Crippen LogP contribution in [0.15, 0.2) is 0 Å². The SMILES string of the molecule is CCCC[N+](CCCC)(CCCC)CCCC.O=[N+]([O-])O. The van der Waals surface area contributed by atoms with Crippen molar-refractivity contribution in [1.82, 2.24) is 0 Å². The topological polar surface area (TPSA) is 63.4 Å². The molecule has 0 bridgehead atoms. The molecule has 1 N–H and O–H groups in total. The molecular formula is C16H37N2O3+. The fourth-order valence-corrected chi connectivity index (χ4v) is 2.64. The van der Waals surface area contributed by atoms with Crippen LogP contribution < -0.4 is 0 Å². The summed E-state index contributed by atoms with van der Waals surface area (Å²) < 4.78 is 1.42. The highest BCUT2D eigenvalue weighted by atomic mass is 16.9. The van der Waals surface area contributed by atoms with Crippen LogP contribution >= 0.6 is 0 Å². The molecule has 5 nitrogen and oxygen atoms in total. The van der Waals surface area contributed by atoms with Crippen molar-refractivity contribution in [3.8, 4) is 0 Å². The summed E-state index contributed by atoms with van der Waals surface area (Å²) >= 11 is 0. The van der Waals surface area contributed by atoms with Crippen molar-refractivity contribution in [3.05, 3.63) is 10.1 Å². The first-order valence-corrected chi connectivity index (χ1v) is 8.66. The summed E-state index contributed by atoms with van der Waals surface area (Å²) in [5.41, 5.74) is 0. The second-order valence-corrected chi connectivity index (χ2v) is 5.89. The highest BCUT2D eigenvalue weighted by Crippen LogP contribution is 2.16. The van der Waals surface area contributed by atoms with E-state index in [4.69, 9.17) is 15.3 Å². The molecule has 0 spiro atoms. The molecule has 0 unspecified atom stereocenters. The van der Waals surface area contributed by atoms with Gasteiger partial charge in [-0.15, -0.1) is 10.1 Å². The van der Waals surface area contributed by atoms with Gasteiger partial charge in [0.25, 0.3) is 5.09 Å². The number of hydrogen-bond acceptors (Lipinski definition) is 2. The Morgan fingerprint density at radius 3 is 1.10 bits per heavy atom. The summed E-state index contributed by atoms with van der Waals surface area (Å²) in [6.45, 7) is 15.0. The fourth-order valence-electron chi connectivity index (χ4n) is 2.64. The summed E-state index contributed by atoms with van der Waals surface area (Å²) in [7, 11) is 0. The lowest BCUT2D eigenvalue weighted by molar-refractivity contribution is -0.929. The van der Waals surface area contributed by atoms with Crippen LogP contribution in [0, 0.1) is 10.1 Å². The van der Waals surface area contributed by atoms with E-state index in [2.05, 4.69) is 27.7 Å². The Hall–Kier alpha value is -0.840. The van der Waals surface area contributed by atoms with E-state index in [-0.39, 0.29) is 0 Å². The van der Waals surface area contributed by atoms with E-state index in [1.54, 1.807) is 0 Å². The predicted octanol–water partition coefficient (Wildman–Crippen LogP) is 4.66. The Balaban J connectivity index is 0. The minimum Gasteiger partial charge on any atom is -0.328 e. The molecule has 0 aliphatic rings. The van der Waals surface area contributed by atoms with E-state index in [1.807, 2.05) is 0 Å². The highest BCUT2D eigenvalue weighted by molar-refractivity contribution is 4.49. The van der Waals surface area contributed by atoms with Crippen LogP contribution in [0.25, 0.3) is 0 Å². The Morgan fingerprint density at radius 1 is 0.762 bits per heavy atom.